The van der Waals surface area contributed by atoms with Crippen molar-refractivity contribution in [2.24, 2.45) is 0 Å². The van der Waals surface area contributed by atoms with Crippen molar-refractivity contribution >= 4 is 28.2 Å². The number of rotatable bonds is 4. The van der Waals surface area contributed by atoms with Crippen LogP contribution in [0.5, 0.6) is 5.88 Å². The van der Waals surface area contributed by atoms with E-state index in [9.17, 15) is 0 Å². The van der Waals surface area contributed by atoms with Crippen molar-refractivity contribution in [3.8, 4) is 17.0 Å². The second-order valence-electron chi connectivity index (χ2n) is 9.54. The quantitative estimate of drug-likeness (QED) is 0.419. The summed E-state index contributed by atoms with van der Waals surface area (Å²) in [5, 5.41) is 7.79. The van der Waals surface area contributed by atoms with Crippen molar-refractivity contribution in [3.63, 3.8) is 0 Å². The number of nitrogens with one attached hydrogen (secondary N) is 2. The van der Waals surface area contributed by atoms with E-state index in [0.717, 1.165) is 45.5 Å². The SMILES string of the molecule is Cc1c(-c2ccc3cnc(Nc4ccc(C5CCN(C)CC5)cc4)nc3c2)cnc2c1NCCO2. The Morgan fingerprint density at radius 3 is 2.69 bits per heavy atom. The maximum Gasteiger partial charge on any atom is 0.237 e. The summed E-state index contributed by atoms with van der Waals surface area (Å²) in [5.41, 5.74) is 7.56. The standard InChI is InChI=1S/C28H30N6O/c1-18-24(17-30-27-26(18)29-11-14-35-27)21-3-4-22-16-31-28(33-25(22)15-21)32-23-7-5-19(6-8-23)20-9-12-34(2)13-10-20/h3-8,15-17,20,29H,9-14H2,1-2H3,(H,31,32,33). The van der Waals surface area contributed by atoms with Crippen LogP contribution in [-0.2, 0) is 0 Å². The number of hydrogen-bond acceptors (Lipinski definition) is 7. The van der Waals surface area contributed by atoms with E-state index in [-0.39, 0.29) is 0 Å². The van der Waals surface area contributed by atoms with Crippen LogP contribution >= 0.6 is 0 Å². The lowest BCUT2D eigenvalue weighted by Crippen LogP contribution is -2.29. The van der Waals surface area contributed by atoms with E-state index in [1.807, 2.05) is 12.4 Å². The molecule has 4 aromatic rings. The molecule has 0 aliphatic carbocycles. The van der Waals surface area contributed by atoms with E-state index >= 15 is 0 Å². The monoisotopic (exact) mass is 466 g/mol. The van der Waals surface area contributed by atoms with Gasteiger partial charge in [0.25, 0.3) is 0 Å². The molecule has 0 radical (unpaired) electrons. The zero-order chi connectivity index (χ0) is 23.8. The number of piperidine rings is 1. The number of aromatic nitrogens is 3. The fourth-order valence-corrected chi connectivity index (χ4v) is 5.07. The van der Waals surface area contributed by atoms with Gasteiger partial charge in [-0.05, 0) is 80.7 Å². The first-order valence-electron chi connectivity index (χ1n) is 12.3. The van der Waals surface area contributed by atoms with Gasteiger partial charge in [-0.3, -0.25) is 0 Å². The molecule has 1 saturated heterocycles. The molecule has 2 aliphatic heterocycles. The summed E-state index contributed by atoms with van der Waals surface area (Å²) in [5.74, 6) is 1.92. The highest BCUT2D eigenvalue weighted by molar-refractivity contribution is 5.86. The first-order valence-corrected chi connectivity index (χ1v) is 12.3. The predicted molar refractivity (Wildman–Crippen MR) is 141 cm³/mol. The Morgan fingerprint density at radius 1 is 1.03 bits per heavy atom. The fraction of sp³-hybridized carbons (Fsp3) is 0.321. The van der Waals surface area contributed by atoms with Crippen molar-refractivity contribution in [3.05, 3.63) is 66.0 Å². The Kier molecular flexibility index (Phi) is 5.70. The molecule has 0 atom stereocenters. The Bertz CT molecular complexity index is 1360. The molecule has 178 valence electrons. The molecule has 7 nitrogen and oxygen atoms in total. The van der Waals surface area contributed by atoms with Gasteiger partial charge >= 0.3 is 0 Å². The van der Waals surface area contributed by atoms with Crippen molar-refractivity contribution in [1.29, 1.82) is 0 Å². The normalized spacial score (nSPS) is 16.4. The van der Waals surface area contributed by atoms with Crippen LogP contribution in [0, 0.1) is 6.92 Å². The van der Waals surface area contributed by atoms with Crippen LogP contribution in [0.2, 0.25) is 0 Å². The van der Waals surface area contributed by atoms with Crippen molar-refractivity contribution in [1.82, 2.24) is 19.9 Å². The minimum atomic E-state index is 0.594. The molecule has 2 aromatic carbocycles. The number of pyridine rings is 1. The Balaban J connectivity index is 1.24. The van der Waals surface area contributed by atoms with Crippen LogP contribution < -0.4 is 15.4 Å². The molecule has 0 spiro atoms. The molecular formula is C28H30N6O. The first-order chi connectivity index (χ1) is 17.1. The average Bonchev–Trinajstić information content (AvgIpc) is 2.90. The lowest BCUT2D eigenvalue weighted by molar-refractivity contribution is 0.255. The van der Waals surface area contributed by atoms with Gasteiger partial charge in [0.1, 0.15) is 12.3 Å². The third kappa shape index (κ3) is 4.39. The van der Waals surface area contributed by atoms with E-state index in [1.54, 1.807) is 0 Å². The second-order valence-corrected chi connectivity index (χ2v) is 9.54. The third-order valence-electron chi connectivity index (χ3n) is 7.20. The van der Waals surface area contributed by atoms with Gasteiger partial charge < -0.3 is 20.3 Å². The number of likely N-dealkylation sites (tertiary alicyclic amines) is 1. The largest absolute Gasteiger partial charge is 0.474 e. The molecule has 7 heteroatoms. The molecule has 2 N–H and O–H groups in total. The van der Waals surface area contributed by atoms with Crippen LogP contribution in [0.15, 0.2) is 54.9 Å². The Labute approximate surface area is 205 Å². The summed E-state index contributed by atoms with van der Waals surface area (Å²) in [4.78, 5) is 16.3. The summed E-state index contributed by atoms with van der Waals surface area (Å²) in [6, 6.07) is 15.0. The summed E-state index contributed by atoms with van der Waals surface area (Å²) in [6.45, 7) is 5.87. The summed E-state index contributed by atoms with van der Waals surface area (Å²) in [7, 11) is 2.20. The second kappa shape index (κ2) is 9.15. The number of ether oxygens (including phenoxy) is 1. The average molecular weight is 467 g/mol. The lowest BCUT2D eigenvalue weighted by Gasteiger charge is -2.29. The van der Waals surface area contributed by atoms with Gasteiger partial charge in [-0.2, -0.15) is 0 Å². The van der Waals surface area contributed by atoms with Crippen LogP contribution in [0.4, 0.5) is 17.3 Å². The van der Waals surface area contributed by atoms with Crippen molar-refractivity contribution in [2.75, 3.05) is 43.9 Å². The topological polar surface area (TPSA) is 75.2 Å². The highest BCUT2D eigenvalue weighted by atomic mass is 16.5. The molecule has 0 bridgehead atoms. The van der Waals surface area contributed by atoms with Crippen molar-refractivity contribution < 1.29 is 4.74 Å². The van der Waals surface area contributed by atoms with Crippen LogP contribution in [0.1, 0.15) is 29.9 Å². The summed E-state index contributed by atoms with van der Waals surface area (Å²) < 4.78 is 5.68. The van der Waals surface area contributed by atoms with Gasteiger partial charge in [0.05, 0.1) is 5.52 Å². The lowest BCUT2D eigenvalue weighted by atomic mass is 9.89. The van der Waals surface area contributed by atoms with Gasteiger partial charge in [0.15, 0.2) is 0 Å². The number of anilines is 3. The zero-order valence-corrected chi connectivity index (χ0v) is 20.2. The van der Waals surface area contributed by atoms with Crippen LogP contribution in [0.3, 0.4) is 0 Å². The highest BCUT2D eigenvalue weighted by Crippen LogP contribution is 2.36. The predicted octanol–water partition coefficient (Wildman–Crippen LogP) is 5.36. The minimum Gasteiger partial charge on any atom is -0.474 e. The molecule has 0 unspecified atom stereocenters. The maximum absolute atomic E-state index is 5.68. The van der Waals surface area contributed by atoms with Crippen LogP contribution in [0.25, 0.3) is 22.0 Å². The molecule has 2 aliphatic rings. The Hall–Kier alpha value is -3.71. The van der Waals surface area contributed by atoms with Gasteiger partial charge in [-0.25, -0.2) is 15.0 Å². The number of benzene rings is 2. The third-order valence-corrected chi connectivity index (χ3v) is 7.20. The first kappa shape index (κ1) is 21.8. The van der Waals surface area contributed by atoms with E-state index < -0.39 is 0 Å². The van der Waals surface area contributed by atoms with Crippen molar-refractivity contribution in [2.45, 2.75) is 25.7 Å². The number of nitrogens with zero attached hydrogens (tertiary/aromatic N) is 4. The van der Waals surface area contributed by atoms with E-state index in [0.29, 0.717) is 24.4 Å². The number of fused-ring (bicyclic) bond motifs is 2. The maximum atomic E-state index is 5.68. The van der Waals surface area contributed by atoms with Gasteiger partial charge in [0, 0.05) is 35.6 Å². The fourth-order valence-electron chi connectivity index (χ4n) is 5.07. The van der Waals surface area contributed by atoms with E-state index in [2.05, 4.69) is 81.9 Å². The smallest absolute Gasteiger partial charge is 0.237 e. The molecule has 2 aromatic heterocycles. The minimum absolute atomic E-state index is 0.594. The Morgan fingerprint density at radius 2 is 1.86 bits per heavy atom. The molecular weight excluding hydrogens is 436 g/mol. The molecule has 4 heterocycles. The van der Waals surface area contributed by atoms with E-state index in [4.69, 9.17) is 9.72 Å². The van der Waals surface area contributed by atoms with Gasteiger partial charge in [-0.1, -0.05) is 24.3 Å². The van der Waals surface area contributed by atoms with Gasteiger partial charge in [-0.15, -0.1) is 0 Å². The zero-order valence-electron chi connectivity index (χ0n) is 20.2. The van der Waals surface area contributed by atoms with Crippen LogP contribution in [-0.4, -0.2) is 53.1 Å². The molecule has 1 fully saturated rings. The molecule has 6 rings (SSSR count). The summed E-state index contributed by atoms with van der Waals surface area (Å²) >= 11 is 0. The summed E-state index contributed by atoms with van der Waals surface area (Å²) in [6.07, 6.45) is 6.20. The van der Waals surface area contributed by atoms with E-state index in [1.165, 1.54) is 31.5 Å². The highest BCUT2D eigenvalue weighted by Gasteiger charge is 2.19. The molecule has 35 heavy (non-hydrogen) atoms. The molecule has 0 amide bonds. The molecule has 0 saturated carbocycles. The van der Waals surface area contributed by atoms with Gasteiger partial charge in [0.2, 0.25) is 11.8 Å². The number of hydrogen-bond donors (Lipinski definition) is 2.